The van der Waals surface area contributed by atoms with E-state index < -0.39 is 0 Å². The maximum absolute atomic E-state index is 12.2. The zero-order valence-electron chi connectivity index (χ0n) is 11.5. The van der Waals surface area contributed by atoms with E-state index in [0.717, 1.165) is 4.88 Å². The zero-order valence-corrected chi connectivity index (χ0v) is 12.3. The highest BCUT2D eigenvalue weighted by Gasteiger charge is 2.13. The Morgan fingerprint density at radius 2 is 1.95 bits per heavy atom. The van der Waals surface area contributed by atoms with Crippen LogP contribution in [-0.2, 0) is 11.2 Å². The van der Waals surface area contributed by atoms with Crippen LogP contribution < -0.4 is 4.74 Å². The normalized spacial score (nSPS) is 10.6. The largest absolute Gasteiger partial charge is 0.428 e. The lowest BCUT2D eigenvalue weighted by Gasteiger charge is -2.06. The molecular weight excluding hydrogens is 272 g/mol. The van der Waals surface area contributed by atoms with Crippen LogP contribution >= 0.6 is 11.3 Å². The van der Waals surface area contributed by atoms with Crippen LogP contribution in [0.25, 0.3) is 0 Å². The first-order valence-electron chi connectivity index (χ1n) is 6.41. The van der Waals surface area contributed by atoms with Crippen molar-refractivity contribution < 1.29 is 14.3 Å². The van der Waals surface area contributed by atoms with Crippen molar-refractivity contribution in [1.29, 1.82) is 0 Å². The van der Waals surface area contributed by atoms with Crippen molar-refractivity contribution in [1.82, 2.24) is 0 Å². The summed E-state index contributed by atoms with van der Waals surface area (Å²) in [6.45, 7) is 4.62. The molecule has 0 atom stereocenters. The van der Waals surface area contributed by atoms with Crippen LogP contribution in [0, 0.1) is 0 Å². The summed E-state index contributed by atoms with van der Waals surface area (Å²) in [5.74, 6) is 0.944. The second kappa shape index (κ2) is 6.48. The van der Waals surface area contributed by atoms with E-state index >= 15 is 0 Å². The molecule has 3 nitrogen and oxygen atoms in total. The number of ether oxygens (including phenoxy) is 1. The Labute approximate surface area is 122 Å². The molecule has 1 aromatic carbocycles. The standard InChI is InChI=1S/C16H16O3S/c1-11(2)12-3-5-13(6-4-12)14(18)9-16-15(19-10-17)7-8-20-16/h3-8,10-11H,9H2,1-2H3. The van der Waals surface area contributed by atoms with Crippen molar-refractivity contribution in [2.75, 3.05) is 0 Å². The third-order valence-corrected chi connectivity index (χ3v) is 4.00. The predicted octanol–water partition coefficient (Wildman–Crippen LogP) is 3.83. The summed E-state index contributed by atoms with van der Waals surface area (Å²) in [5.41, 5.74) is 1.89. The molecule has 0 amide bonds. The molecule has 20 heavy (non-hydrogen) atoms. The molecule has 0 saturated heterocycles. The lowest BCUT2D eigenvalue weighted by atomic mass is 9.99. The van der Waals surface area contributed by atoms with Gasteiger partial charge >= 0.3 is 0 Å². The summed E-state index contributed by atoms with van der Waals surface area (Å²) in [4.78, 5) is 23.4. The van der Waals surface area contributed by atoms with E-state index in [2.05, 4.69) is 13.8 Å². The number of ketones is 1. The molecule has 2 aromatic rings. The van der Waals surface area contributed by atoms with E-state index in [1.165, 1.54) is 16.9 Å². The van der Waals surface area contributed by atoms with Crippen LogP contribution in [0.1, 0.15) is 40.6 Å². The number of hydrogen-bond donors (Lipinski definition) is 0. The minimum atomic E-state index is 0.0264. The van der Waals surface area contributed by atoms with Gasteiger partial charge in [-0.25, -0.2) is 0 Å². The van der Waals surface area contributed by atoms with E-state index in [4.69, 9.17) is 4.74 Å². The first-order valence-corrected chi connectivity index (χ1v) is 7.29. The van der Waals surface area contributed by atoms with Crippen LogP contribution in [0.4, 0.5) is 0 Å². The molecule has 4 heteroatoms. The maximum Gasteiger partial charge on any atom is 0.298 e. The maximum atomic E-state index is 12.2. The SMILES string of the molecule is CC(C)c1ccc(C(=O)Cc2sccc2OC=O)cc1. The molecule has 0 N–H and O–H groups in total. The van der Waals surface area contributed by atoms with Gasteiger partial charge in [0.2, 0.25) is 0 Å². The molecule has 0 unspecified atom stereocenters. The highest BCUT2D eigenvalue weighted by atomic mass is 32.1. The number of hydrogen-bond acceptors (Lipinski definition) is 4. The average Bonchev–Trinajstić information content (AvgIpc) is 2.86. The minimum absolute atomic E-state index is 0.0264. The lowest BCUT2D eigenvalue weighted by Crippen LogP contribution is -2.04. The summed E-state index contributed by atoms with van der Waals surface area (Å²) < 4.78 is 4.84. The fourth-order valence-electron chi connectivity index (χ4n) is 1.92. The van der Waals surface area contributed by atoms with Crippen molar-refractivity contribution in [3.63, 3.8) is 0 Å². The van der Waals surface area contributed by atoms with Crippen molar-refractivity contribution in [2.45, 2.75) is 26.2 Å². The number of rotatable bonds is 6. The first kappa shape index (κ1) is 14.5. The van der Waals surface area contributed by atoms with Gasteiger partial charge in [0.1, 0.15) is 5.75 Å². The van der Waals surface area contributed by atoms with Gasteiger partial charge in [0.15, 0.2) is 5.78 Å². The molecular formula is C16H16O3S. The second-order valence-electron chi connectivity index (χ2n) is 4.80. The van der Waals surface area contributed by atoms with Gasteiger partial charge in [-0.3, -0.25) is 9.59 Å². The van der Waals surface area contributed by atoms with Gasteiger partial charge in [0, 0.05) is 12.0 Å². The molecule has 104 valence electrons. The third kappa shape index (κ3) is 3.33. The zero-order chi connectivity index (χ0) is 14.5. The smallest absolute Gasteiger partial charge is 0.298 e. The number of carbonyl (C=O) groups is 2. The topological polar surface area (TPSA) is 43.4 Å². The molecule has 0 aliphatic heterocycles. The van der Waals surface area contributed by atoms with Crippen LogP contribution in [0.2, 0.25) is 0 Å². The molecule has 2 rings (SSSR count). The van der Waals surface area contributed by atoms with Gasteiger partial charge in [0.25, 0.3) is 6.47 Å². The summed E-state index contributed by atoms with van der Waals surface area (Å²) in [6, 6.07) is 9.37. The number of carbonyl (C=O) groups excluding carboxylic acids is 2. The number of benzene rings is 1. The average molecular weight is 288 g/mol. The van der Waals surface area contributed by atoms with Crippen molar-refractivity contribution in [3.05, 3.63) is 51.7 Å². The van der Waals surface area contributed by atoms with Crippen LogP contribution in [-0.4, -0.2) is 12.3 Å². The summed E-state index contributed by atoms with van der Waals surface area (Å²) in [5, 5.41) is 1.81. The highest BCUT2D eigenvalue weighted by molar-refractivity contribution is 7.10. The van der Waals surface area contributed by atoms with Crippen LogP contribution in [0.3, 0.4) is 0 Å². The molecule has 1 aromatic heterocycles. The first-order chi connectivity index (χ1) is 9.61. The van der Waals surface area contributed by atoms with Crippen LogP contribution in [0.5, 0.6) is 5.75 Å². The highest BCUT2D eigenvalue weighted by Crippen LogP contribution is 2.26. The van der Waals surface area contributed by atoms with Crippen molar-refractivity contribution in [2.24, 2.45) is 0 Å². The molecule has 0 fully saturated rings. The quantitative estimate of drug-likeness (QED) is 0.599. The van der Waals surface area contributed by atoms with Crippen molar-refractivity contribution >= 4 is 23.6 Å². The summed E-state index contributed by atoms with van der Waals surface area (Å²) in [7, 11) is 0. The van der Waals surface area contributed by atoms with E-state index in [1.54, 1.807) is 6.07 Å². The van der Waals surface area contributed by atoms with E-state index in [0.29, 0.717) is 23.7 Å². The Hall–Kier alpha value is -1.94. The van der Waals surface area contributed by atoms with E-state index in [1.807, 2.05) is 29.6 Å². The van der Waals surface area contributed by atoms with Gasteiger partial charge in [-0.1, -0.05) is 38.1 Å². The molecule has 1 heterocycles. The van der Waals surface area contributed by atoms with Gasteiger partial charge in [-0.05, 0) is 22.9 Å². The van der Waals surface area contributed by atoms with Gasteiger partial charge in [-0.15, -0.1) is 11.3 Å². The predicted molar refractivity (Wildman–Crippen MR) is 79.6 cm³/mol. The third-order valence-electron chi connectivity index (χ3n) is 3.10. The van der Waals surface area contributed by atoms with Gasteiger partial charge < -0.3 is 4.74 Å². The Morgan fingerprint density at radius 1 is 1.25 bits per heavy atom. The van der Waals surface area contributed by atoms with Crippen molar-refractivity contribution in [3.8, 4) is 5.75 Å². The van der Waals surface area contributed by atoms with Gasteiger partial charge in [0.05, 0.1) is 4.88 Å². The fourth-order valence-corrected chi connectivity index (χ4v) is 2.72. The molecule has 0 bridgehead atoms. The second-order valence-corrected chi connectivity index (χ2v) is 5.80. The number of thiophene rings is 1. The molecule has 0 aliphatic rings. The summed E-state index contributed by atoms with van der Waals surface area (Å²) >= 11 is 1.42. The Kier molecular flexibility index (Phi) is 4.69. The molecule has 0 spiro atoms. The Balaban J connectivity index is 2.11. The monoisotopic (exact) mass is 288 g/mol. The molecule has 0 radical (unpaired) electrons. The Bertz CT molecular complexity index is 596. The van der Waals surface area contributed by atoms with E-state index in [-0.39, 0.29) is 12.2 Å². The Morgan fingerprint density at radius 3 is 2.55 bits per heavy atom. The minimum Gasteiger partial charge on any atom is -0.428 e. The van der Waals surface area contributed by atoms with Gasteiger partial charge in [-0.2, -0.15) is 0 Å². The van der Waals surface area contributed by atoms with Crippen LogP contribution in [0.15, 0.2) is 35.7 Å². The molecule has 0 aliphatic carbocycles. The lowest BCUT2D eigenvalue weighted by molar-refractivity contribution is -0.120. The number of Topliss-reactive ketones (excluding diaryl/α,β-unsaturated/α-hetero) is 1. The fraction of sp³-hybridized carbons (Fsp3) is 0.250. The van der Waals surface area contributed by atoms with E-state index in [9.17, 15) is 9.59 Å². The molecule has 0 saturated carbocycles. The summed E-state index contributed by atoms with van der Waals surface area (Å²) in [6.07, 6.45) is 0.252.